The standard InChI is InChI=1S/C18H28N2S/c1-2-3-4-5-6-7-8-9-10-11-14-21-18-15-17(16-19)12-13-20-18/h12-13,15H,2-11,14H2,1H3. The predicted molar refractivity (Wildman–Crippen MR) is 91.5 cm³/mol. The minimum Gasteiger partial charge on any atom is -0.250 e. The molecule has 0 spiro atoms. The molecule has 0 aromatic carbocycles. The Morgan fingerprint density at radius 3 is 2.24 bits per heavy atom. The molecule has 2 nitrogen and oxygen atoms in total. The number of nitrogens with zero attached hydrogens (tertiary/aromatic N) is 2. The van der Waals surface area contributed by atoms with E-state index in [4.69, 9.17) is 5.26 Å². The molecular formula is C18H28N2S. The monoisotopic (exact) mass is 304 g/mol. The third-order valence-corrected chi connectivity index (χ3v) is 4.62. The summed E-state index contributed by atoms with van der Waals surface area (Å²) in [6.45, 7) is 2.27. The van der Waals surface area contributed by atoms with Crippen LogP contribution >= 0.6 is 11.8 Å². The molecule has 0 radical (unpaired) electrons. The molecule has 0 amide bonds. The summed E-state index contributed by atoms with van der Waals surface area (Å²) in [4.78, 5) is 4.28. The number of thioether (sulfide) groups is 1. The van der Waals surface area contributed by atoms with Crippen LogP contribution in [0.3, 0.4) is 0 Å². The molecule has 0 saturated heterocycles. The molecule has 0 aliphatic rings. The zero-order chi connectivity index (χ0) is 15.2. The Hall–Kier alpha value is -1.01. The first-order valence-electron chi connectivity index (χ1n) is 8.35. The molecule has 0 unspecified atom stereocenters. The van der Waals surface area contributed by atoms with Crippen molar-refractivity contribution in [1.82, 2.24) is 4.98 Å². The van der Waals surface area contributed by atoms with Crippen molar-refractivity contribution in [3.05, 3.63) is 23.9 Å². The maximum Gasteiger partial charge on any atom is 0.0993 e. The summed E-state index contributed by atoms with van der Waals surface area (Å²) in [6, 6.07) is 5.79. The molecule has 3 heteroatoms. The lowest BCUT2D eigenvalue weighted by Gasteiger charge is -2.03. The summed E-state index contributed by atoms with van der Waals surface area (Å²) in [5.41, 5.74) is 0.704. The van der Waals surface area contributed by atoms with Crippen molar-refractivity contribution >= 4 is 11.8 Å². The van der Waals surface area contributed by atoms with Gasteiger partial charge in [0.25, 0.3) is 0 Å². The number of hydrogen-bond acceptors (Lipinski definition) is 3. The van der Waals surface area contributed by atoms with Crippen LogP contribution in [-0.4, -0.2) is 10.7 Å². The van der Waals surface area contributed by atoms with Crippen molar-refractivity contribution in [3.8, 4) is 6.07 Å². The van der Waals surface area contributed by atoms with Crippen LogP contribution in [0, 0.1) is 11.3 Å². The van der Waals surface area contributed by atoms with Gasteiger partial charge in [-0.3, -0.25) is 0 Å². The molecule has 116 valence electrons. The highest BCUT2D eigenvalue weighted by Gasteiger charge is 1.98. The Kier molecular flexibility index (Phi) is 10.9. The van der Waals surface area contributed by atoms with Crippen molar-refractivity contribution < 1.29 is 0 Å². The Balaban J connectivity index is 1.92. The van der Waals surface area contributed by atoms with Crippen LogP contribution in [0.15, 0.2) is 23.4 Å². The lowest BCUT2D eigenvalue weighted by molar-refractivity contribution is 0.563. The van der Waals surface area contributed by atoms with E-state index >= 15 is 0 Å². The number of pyridine rings is 1. The third-order valence-electron chi connectivity index (χ3n) is 3.61. The van der Waals surface area contributed by atoms with Crippen molar-refractivity contribution in [1.29, 1.82) is 5.26 Å². The van der Waals surface area contributed by atoms with Gasteiger partial charge in [0, 0.05) is 6.20 Å². The van der Waals surface area contributed by atoms with Crippen LogP contribution in [0.5, 0.6) is 0 Å². The van der Waals surface area contributed by atoms with E-state index in [1.807, 2.05) is 6.07 Å². The first kappa shape index (κ1) is 18.0. The molecule has 21 heavy (non-hydrogen) atoms. The largest absolute Gasteiger partial charge is 0.250 e. The van der Waals surface area contributed by atoms with Crippen molar-refractivity contribution in [2.45, 2.75) is 76.2 Å². The fraction of sp³-hybridized carbons (Fsp3) is 0.667. The minimum absolute atomic E-state index is 0.704. The molecule has 1 aromatic rings. The molecule has 0 aliphatic carbocycles. The average Bonchev–Trinajstić information content (AvgIpc) is 2.53. The minimum atomic E-state index is 0.704. The lowest BCUT2D eigenvalue weighted by atomic mass is 10.1. The number of unbranched alkanes of at least 4 members (excludes halogenated alkanes) is 9. The number of nitriles is 1. The second-order valence-electron chi connectivity index (χ2n) is 5.52. The lowest BCUT2D eigenvalue weighted by Crippen LogP contribution is -1.86. The van der Waals surface area contributed by atoms with Crippen LogP contribution in [0.25, 0.3) is 0 Å². The maximum absolute atomic E-state index is 8.84. The Morgan fingerprint density at radius 2 is 1.62 bits per heavy atom. The molecule has 1 heterocycles. The van der Waals surface area contributed by atoms with Gasteiger partial charge < -0.3 is 0 Å². The fourth-order valence-electron chi connectivity index (χ4n) is 2.32. The normalized spacial score (nSPS) is 10.5. The van der Waals surface area contributed by atoms with E-state index in [2.05, 4.69) is 18.0 Å². The van der Waals surface area contributed by atoms with E-state index in [-0.39, 0.29) is 0 Å². The number of hydrogen-bond donors (Lipinski definition) is 0. The van der Waals surface area contributed by atoms with E-state index < -0.39 is 0 Å². The maximum atomic E-state index is 8.84. The van der Waals surface area contributed by atoms with E-state index in [1.165, 1.54) is 64.2 Å². The SMILES string of the molecule is CCCCCCCCCCCCSc1cc(C#N)ccn1. The predicted octanol–water partition coefficient (Wildman–Crippen LogP) is 5.97. The second-order valence-corrected chi connectivity index (χ2v) is 6.64. The van der Waals surface area contributed by atoms with Gasteiger partial charge >= 0.3 is 0 Å². The van der Waals surface area contributed by atoms with Crippen LogP contribution < -0.4 is 0 Å². The number of aromatic nitrogens is 1. The molecule has 1 rings (SSSR count). The van der Waals surface area contributed by atoms with Gasteiger partial charge in [0.2, 0.25) is 0 Å². The average molecular weight is 305 g/mol. The van der Waals surface area contributed by atoms with Gasteiger partial charge in [-0.25, -0.2) is 4.98 Å². The summed E-state index contributed by atoms with van der Waals surface area (Å²) in [5, 5.41) is 9.81. The molecular weight excluding hydrogens is 276 g/mol. The second kappa shape index (κ2) is 12.7. The van der Waals surface area contributed by atoms with Crippen LogP contribution in [0.4, 0.5) is 0 Å². The number of rotatable bonds is 12. The van der Waals surface area contributed by atoms with Gasteiger partial charge in [0.1, 0.15) is 0 Å². The summed E-state index contributed by atoms with van der Waals surface area (Å²) in [7, 11) is 0. The van der Waals surface area contributed by atoms with Gasteiger partial charge in [-0.15, -0.1) is 11.8 Å². The van der Waals surface area contributed by atoms with Crippen molar-refractivity contribution in [3.63, 3.8) is 0 Å². The Labute approximate surface area is 134 Å². The summed E-state index contributed by atoms with van der Waals surface area (Å²) in [5.74, 6) is 1.11. The van der Waals surface area contributed by atoms with E-state index in [0.29, 0.717) is 5.56 Å². The molecule has 0 atom stereocenters. The molecule has 0 fully saturated rings. The third kappa shape index (κ3) is 9.52. The fourth-order valence-corrected chi connectivity index (χ4v) is 3.23. The molecule has 1 aromatic heterocycles. The molecule has 0 N–H and O–H groups in total. The Morgan fingerprint density at radius 1 is 1.00 bits per heavy atom. The molecule has 0 aliphatic heterocycles. The molecule has 0 saturated carbocycles. The topological polar surface area (TPSA) is 36.7 Å². The highest BCUT2D eigenvalue weighted by Crippen LogP contribution is 2.18. The highest BCUT2D eigenvalue weighted by molar-refractivity contribution is 7.99. The summed E-state index contributed by atoms with van der Waals surface area (Å²) in [6.07, 6.45) is 15.4. The van der Waals surface area contributed by atoms with E-state index in [1.54, 1.807) is 24.0 Å². The van der Waals surface area contributed by atoms with Gasteiger partial charge in [0.15, 0.2) is 0 Å². The van der Waals surface area contributed by atoms with E-state index in [0.717, 1.165) is 10.8 Å². The van der Waals surface area contributed by atoms with Crippen LogP contribution in [0.1, 0.15) is 76.7 Å². The van der Waals surface area contributed by atoms with Gasteiger partial charge in [-0.1, -0.05) is 64.7 Å². The summed E-state index contributed by atoms with van der Waals surface area (Å²) < 4.78 is 0. The molecule has 0 bridgehead atoms. The zero-order valence-corrected chi connectivity index (χ0v) is 14.1. The first-order valence-corrected chi connectivity index (χ1v) is 9.34. The Bertz CT molecular complexity index is 412. The zero-order valence-electron chi connectivity index (χ0n) is 13.3. The van der Waals surface area contributed by atoms with Crippen molar-refractivity contribution in [2.24, 2.45) is 0 Å². The van der Waals surface area contributed by atoms with Gasteiger partial charge in [-0.05, 0) is 24.3 Å². The first-order chi connectivity index (χ1) is 10.4. The van der Waals surface area contributed by atoms with Gasteiger partial charge in [-0.2, -0.15) is 5.26 Å². The summed E-state index contributed by atoms with van der Waals surface area (Å²) >= 11 is 1.77. The van der Waals surface area contributed by atoms with E-state index in [9.17, 15) is 0 Å². The quantitative estimate of drug-likeness (QED) is 0.353. The van der Waals surface area contributed by atoms with Crippen LogP contribution in [0.2, 0.25) is 0 Å². The highest BCUT2D eigenvalue weighted by atomic mass is 32.2. The smallest absolute Gasteiger partial charge is 0.0993 e. The van der Waals surface area contributed by atoms with Gasteiger partial charge in [0.05, 0.1) is 16.7 Å². The van der Waals surface area contributed by atoms with Crippen LogP contribution in [-0.2, 0) is 0 Å². The van der Waals surface area contributed by atoms with Crippen molar-refractivity contribution in [2.75, 3.05) is 5.75 Å².